The topological polar surface area (TPSA) is 129 Å². The third kappa shape index (κ3) is 7.64. The van der Waals surface area contributed by atoms with Crippen LogP contribution in [0.25, 0.3) is 0 Å². The number of carbonyl (C=O) groups excluding carboxylic acids is 2. The second-order valence-electron chi connectivity index (χ2n) is 8.72. The lowest BCUT2D eigenvalue weighted by molar-refractivity contribution is -0.186. The van der Waals surface area contributed by atoms with Crippen molar-refractivity contribution in [2.45, 2.75) is 48.1 Å². The zero-order valence-electron chi connectivity index (χ0n) is 20.0. The molecule has 0 saturated heterocycles. The molecule has 4 rings (SSSR count). The van der Waals surface area contributed by atoms with Crippen molar-refractivity contribution >= 4 is 41.7 Å². The Morgan fingerprint density at radius 2 is 1.07 bits per heavy atom. The van der Waals surface area contributed by atoms with E-state index in [-0.39, 0.29) is 49.5 Å². The molecule has 0 bridgehead atoms. The summed E-state index contributed by atoms with van der Waals surface area (Å²) >= 11 is 0. The van der Waals surface area contributed by atoms with Gasteiger partial charge in [-0.05, 0) is 59.4 Å². The van der Waals surface area contributed by atoms with E-state index in [1.807, 2.05) is 0 Å². The standard InChI is InChI=1S/C11H9ClF3NO3S.C11H10F3NO4S/c12-20(18,19)9-2-1-7-3-4-16(6-8(7)5-9)10(17)11(13,14)15;12-11(13,14)10(16)15-4-3-7-1-2-9(20(17,18)19)5-8(7)6-15/h1-2,5H,3-4,6H2;1-2,5H,3-4,6H2,(H,17,18,19). The summed E-state index contributed by atoms with van der Waals surface area (Å²) in [7, 11) is -3.20. The highest BCUT2D eigenvalue weighted by atomic mass is 35.7. The number of amides is 2. The quantitative estimate of drug-likeness (QED) is 0.304. The molecule has 0 saturated carbocycles. The van der Waals surface area contributed by atoms with Crippen molar-refractivity contribution in [2.24, 2.45) is 0 Å². The molecule has 220 valence electrons. The fourth-order valence-electron chi connectivity index (χ4n) is 4.08. The summed E-state index contributed by atoms with van der Waals surface area (Å²) in [5, 5.41) is 0. The monoisotopic (exact) mass is 636 g/mol. The van der Waals surface area contributed by atoms with Crippen molar-refractivity contribution in [1.82, 2.24) is 9.80 Å². The largest absolute Gasteiger partial charge is 0.471 e. The second kappa shape index (κ2) is 11.2. The van der Waals surface area contributed by atoms with Crippen molar-refractivity contribution < 1.29 is 57.3 Å². The lowest BCUT2D eigenvalue weighted by atomic mass is 10.00. The minimum absolute atomic E-state index is 0.0572. The normalized spacial score (nSPS) is 15.9. The highest BCUT2D eigenvalue weighted by Crippen LogP contribution is 2.28. The maximum Gasteiger partial charge on any atom is 0.471 e. The lowest BCUT2D eigenvalue weighted by Crippen LogP contribution is -2.43. The van der Waals surface area contributed by atoms with E-state index in [0.29, 0.717) is 26.5 Å². The molecule has 2 aliphatic rings. The summed E-state index contributed by atoms with van der Waals surface area (Å²) in [6, 6.07) is 7.68. The van der Waals surface area contributed by atoms with E-state index in [4.69, 9.17) is 15.2 Å². The highest BCUT2D eigenvalue weighted by Gasteiger charge is 2.44. The Kier molecular flexibility index (Phi) is 8.84. The molecule has 18 heteroatoms. The van der Waals surface area contributed by atoms with Crippen LogP contribution >= 0.6 is 10.7 Å². The van der Waals surface area contributed by atoms with Crippen LogP contribution in [0.3, 0.4) is 0 Å². The van der Waals surface area contributed by atoms with Crippen LogP contribution in [0, 0.1) is 0 Å². The van der Waals surface area contributed by atoms with Gasteiger partial charge in [0.2, 0.25) is 0 Å². The van der Waals surface area contributed by atoms with E-state index < -0.39 is 48.2 Å². The van der Waals surface area contributed by atoms with E-state index in [2.05, 4.69) is 0 Å². The zero-order chi connectivity index (χ0) is 30.3. The number of benzene rings is 2. The van der Waals surface area contributed by atoms with Gasteiger partial charge in [-0.3, -0.25) is 14.1 Å². The molecular weight excluding hydrogens is 618 g/mol. The first-order valence-corrected chi connectivity index (χ1v) is 14.8. The first kappa shape index (κ1) is 31.6. The summed E-state index contributed by atoms with van der Waals surface area (Å²) in [4.78, 5) is 23.0. The van der Waals surface area contributed by atoms with Crippen LogP contribution in [0.15, 0.2) is 46.2 Å². The van der Waals surface area contributed by atoms with Crippen LogP contribution in [0.1, 0.15) is 22.3 Å². The smallest absolute Gasteiger partial charge is 0.330 e. The van der Waals surface area contributed by atoms with Crippen molar-refractivity contribution in [3.63, 3.8) is 0 Å². The molecule has 0 atom stereocenters. The van der Waals surface area contributed by atoms with Crippen LogP contribution in [-0.4, -0.2) is 68.4 Å². The molecule has 2 amide bonds. The van der Waals surface area contributed by atoms with Gasteiger partial charge in [-0.1, -0.05) is 12.1 Å². The van der Waals surface area contributed by atoms with Gasteiger partial charge in [0.05, 0.1) is 9.79 Å². The molecule has 9 nitrogen and oxygen atoms in total. The van der Waals surface area contributed by atoms with Crippen LogP contribution in [0.5, 0.6) is 0 Å². The van der Waals surface area contributed by atoms with Gasteiger partial charge in [-0.2, -0.15) is 34.8 Å². The van der Waals surface area contributed by atoms with E-state index >= 15 is 0 Å². The van der Waals surface area contributed by atoms with Crippen molar-refractivity contribution in [3.8, 4) is 0 Å². The van der Waals surface area contributed by atoms with Gasteiger partial charge in [-0.15, -0.1) is 0 Å². The minimum Gasteiger partial charge on any atom is -0.330 e. The lowest BCUT2D eigenvalue weighted by Gasteiger charge is -2.29. The predicted octanol–water partition coefficient (Wildman–Crippen LogP) is 3.44. The Morgan fingerprint density at radius 3 is 1.43 bits per heavy atom. The maximum absolute atomic E-state index is 12.4. The molecule has 0 radical (unpaired) electrons. The van der Waals surface area contributed by atoms with Crippen molar-refractivity contribution in [1.29, 1.82) is 0 Å². The zero-order valence-corrected chi connectivity index (χ0v) is 22.3. The Balaban J connectivity index is 0.000000220. The average molecular weight is 637 g/mol. The molecule has 2 aliphatic heterocycles. The van der Waals surface area contributed by atoms with E-state index in [1.54, 1.807) is 0 Å². The molecule has 40 heavy (non-hydrogen) atoms. The Labute approximate surface area is 228 Å². The van der Waals surface area contributed by atoms with Gasteiger partial charge in [0.25, 0.3) is 19.2 Å². The van der Waals surface area contributed by atoms with Crippen LogP contribution < -0.4 is 0 Å². The van der Waals surface area contributed by atoms with Gasteiger partial charge >= 0.3 is 24.2 Å². The molecule has 0 unspecified atom stereocenters. The summed E-state index contributed by atoms with van der Waals surface area (Å²) < 4.78 is 127. The maximum atomic E-state index is 12.4. The van der Waals surface area contributed by atoms with Gasteiger partial charge in [0.15, 0.2) is 0 Å². The fourth-order valence-corrected chi connectivity index (χ4v) is 5.42. The molecule has 0 spiro atoms. The first-order chi connectivity index (χ1) is 18.2. The van der Waals surface area contributed by atoms with Gasteiger partial charge in [-0.25, -0.2) is 8.42 Å². The number of rotatable bonds is 2. The molecule has 0 aromatic heterocycles. The van der Waals surface area contributed by atoms with Crippen molar-refractivity contribution in [3.05, 3.63) is 58.7 Å². The molecule has 0 aliphatic carbocycles. The number of halogens is 7. The Bertz CT molecular complexity index is 1430. The molecule has 0 fully saturated rings. The summed E-state index contributed by atoms with van der Waals surface area (Å²) in [5.74, 6) is -3.89. The molecule has 1 N–H and O–H groups in total. The van der Waals surface area contributed by atoms with E-state index in [1.165, 1.54) is 30.3 Å². The third-order valence-corrected chi connectivity index (χ3v) is 8.22. The summed E-state index contributed by atoms with van der Waals surface area (Å²) in [5.41, 5.74) is 2.00. The predicted molar refractivity (Wildman–Crippen MR) is 126 cm³/mol. The van der Waals surface area contributed by atoms with Gasteiger partial charge in [0, 0.05) is 36.9 Å². The first-order valence-electron chi connectivity index (χ1n) is 11.1. The average Bonchev–Trinajstić information content (AvgIpc) is 2.84. The number of alkyl halides is 6. The molecular formula is C22H19ClF6N2O7S2. The number of hydrogen-bond donors (Lipinski definition) is 1. The van der Waals surface area contributed by atoms with Crippen LogP contribution in [0.4, 0.5) is 26.3 Å². The number of hydrogen-bond acceptors (Lipinski definition) is 6. The molecule has 2 aromatic rings. The third-order valence-electron chi connectivity index (χ3n) is 6.02. The number of nitrogens with zero attached hydrogens (tertiary/aromatic N) is 2. The molecule has 2 heterocycles. The van der Waals surface area contributed by atoms with Crippen LogP contribution in [-0.2, 0) is 54.7 Å². The van der Waals surface area contributed by atoms with Crippen molar-refractivity contribution in [2.75, 3.05) is 13.1 Å². The minimum atomic E-state index is -4.96. The fraction of sp³-hybridized carbons (Fsp3) is 0.364. The van der Waals surface area contributed by atoms with Gasteiger partial charge in [0.1, 0.15) is 0 Å². The van der Waals surface area contributed by atoms with Crippen LogP contribution in [0.2, 0.25) is 0 Å². The van der Waals surface area contributed by atoms with Gasteiger partial charge < -0.3 is 9.80 Å². The molecule has 2 aromatic carbocycles. The Hall–Kier alpha value is -2.89. The second-order valence-corrected chi connectivity index (χ2v) is 12.7. The SMILES string of the molecule is O=C(N1CCc2ccc(S(=O)(=O)Cl)cc2C1)C(F)(F)F.O=C(N1CCc2ccc(S(=O)(=O)O)cc2C1)C(F)(F)F. The summed E-state index contributed by atoms with van der Waals surface area (Å²) in [6.45, 7) is -0.764. The number of fused-ring (bicyclic) bond motifs is 2. The van der Waals surface area contributed by atoms with E-state index in [0.717, 1.165) is 6.07 Å². The Morgan fingerprint density at radius 1 is 0.700 bits per heavy atom. The van der Waals surface area contributed by atoms with E-state index in [9.17, 15) is 52.8 Å². The highest BCUT2D eigenvalue weighted by molar-refractivity contribution is 8.13. The summed E-state index contributed by atoms with van der Waals surface area (Å²) in [6.07, 6.45) is -9.46. The number of carbonyl (C=O) groups is 2.